The van der Waals surface area contributed by atoms with Crippen molar-refractivity contribution in [3.8, 4) is 17.5 Å². The lowest BCUT2D eigenvalue weighted by atomic mass is 10.2. The Kier molecular flexibility index (Phi) is 4.61. The number of benzene rings is 2. The van der Waals surface area contributed by atoms with Gasteiger partial charge in [0.25, 0.3) is 0 Å². The van der Waals surface area contributed by atoms with E-state index in [0.717, 1.165) is 11.3 Å². The Morgan fingerprint density at radius 3 is 2.48 bits per heavy atom. The number of hydrogen-bond donors (Lipinski definition) is 0. The van der Waals surface area contributed by atoms with E-state index in [1.807, 2.05) is 54.6 Å². The van der Waals surface area contributed by atoms with Crippen LogP contribution in [-0.2, 0) is 13.2 Å². The monoisotopic (exact) mass is 367 g/mol. The summed E-state index contributed by atoms with van der Waals surface area (Å²) in [6.45, 7) is 1.30. The Hall–Kier alpha value is -3.55. The highest BCUT2D eigenvalue weighted by atomic mass is 16.6. The minimum atomic E-state index is -0.540. The molecule has 27 heavy (non-hydrogen) atoms. The molecule has 0 aliphatic carbocycles. The average Bonchev–Trinajstić information content (AvgIpc) is 3.25. The van der Waals surface area contributed by atoms with Crippen LogP contribution >= 0.6 is 0 Å². The highest BCUT2D eigenvalue weighted by molar-refractivity contribution is 5.31. The van der Waals surface area contributed by atoms with Gasteiger partial charge >= 0.3 is 11.8 Å². The van der Waals surface area contributed by atoms with Crippen LogP contribution in [0.2, 0.25) is 0 Å². The molecule has 0 bridgehead atoms. The fourth-order valence-corrected chi connectivity index (χ4v) is 2.75. The van der Waals surface area contributed by atoms with E-state index in [2.05, 4.69) is 4.98 Å². The van der Waals surface area contributed by atoms with Crippen molar-refractivity contribution in [3.05, 3.63) is 76.5 Å². The van der Waals surface area contributed by atoms with Crippen LogP contribution in [0.5, 0.6) is 17.5 Å². The first-order valence-electron chi connectivity index (χ1n) is 8.45. The topological polar surface area (TPSA) is 88.7 Å². The molecule has 0 saturated carbocycles. The van der Waals surface area contributed by atoms with E-state index in [-0.39, 0.29) is 17.9 Å². The van der Waals surface area contributed by atoms with Gasteiger partial charge < -0.3 is 24.3 Å². The van der Waals surface area contributed by atoms with Crippen LogP contribution in [-0.4, -0.2) is 27.2 Å². The fourth-order valence-electron chi connectivity index (χ4n) is 2.75. The molecule has 1 aliphatic rings. The number of imidazole rings is 1. The molecule has 0 N–H and O–H groups in total. The Bertz CT molecular complexity index is 901. The second-order valence-electron chi connectivity index (χ2n) is 6.09. The van der Waals surface area contributed by atoms with Crippen molar-refractivity contribution in [3.63, 3.8) is 0 Å². The first kappa shape index (κ1) is 16.9. The molecule has 2 aromatic carbocycles. The summed E-state index contributed by atoms with van der Waals surface area (Å²) in [5.41, 5.74) is 1.11. The first-order chi connectivity index (χ1) is 13.2. The zero-order chi connectivity index (χ0) is 18.6. The van der Waals surface area contributed by atoms with Crippen molar-refractivity contribution in [1.29, 1.82) is 0 Å². The van der Waals surface area contributed by atoms with E-state index in [1.165, 1.54) is 6.20 Å². The number of hydrogen-bond acceptors (Lipinski definition) is 6. The molecule has 0 spiro atoms. The lowest BCUT2D eigenvalue weighted by molar-refractivity contribution is -0.389. The Labute approximate surface area is 155 Å². The van der Waals surface area contributed by atoms with E-state index in [4.69, 9.17) is 14.2 Å². The largest absolute Gasteiger partial charge is 0.490 e. The lowest BCUT2D eigenvalue weighted by Crippen LogP contribution is -2.23. The van der Waals surface area contributed by atoms with Gasteiger partial charge in [-0.2, -0.15) is 0 Å². The summed E-state index contributed by atoms with van der Waals surface area (Å²) in [5.74, 6) is 1.24. The minimum absolute atomic E-state index is 0.213. The molecule has 1 aromatic heterocycles. The third-order valence-electron chi connectivity index (χ3n) is 4.09. The average molecular weight is 367 g/mol. The smallest absolute Gasteiger partial charge is 0.414 e. The Balaban J connectivity index is 1.25. The zero-order valence-electron chi connectivity index (χ0n) is 14.4. The molecule has 138 valence electrons. The fraction of sp³-hybridized carbons (Fsp3) is 0.211. The highest BCUT2D eigenvalue weighted by Crippen LogP contribution is 2.25. The standard InChI is InChI=1S/C19H17N3O5/c23-22(24)18-11-21-10-17(27-19(21)20-18)13-26-16-8-6-15(7-9-16)25-12-14-4-2-1-3-5-14/h1-9,11,17H,10,12-13H2. The third-order valence-corrected chi connectivity index (χ3v) is 4.09. The predicted octanol–water partition coefficient (Wildman–Crippen LogP) is 3.21. The summed E-state index contributed by atoms with van der Waals surface area (Å²) in [7, 11) is 0. The predicted molar refractivity (Wildman–Crippen MR) is 96.0 cm³/mol. The first-order valence-corrected chi connectivity index (χ1v) is 8.45. The van der Waals surface area contributed by atoms with Gasteiger partial charge in [-0.1, -0.05) is 30.3 Å². The number of fused-ring (bicyclic) bond motifs is 1. The number of rotatable bonds is 7. The van der Waals surface area contributed by atoms with E-state index in [0.29, 0.717) is 25.5 Å². The third kappa shape index (κ3) is 4.00. The van der Waals surface area contributed by atoms with Gasteiger partial charge in [-0.3, -0.25) is 4.57 Å². The Morgan fingerprint density at radius 2 is 1.81 bits per heavy atom. The SMILES string of the molecule is O=[N+]([O-])c1cn2c(n1)OC(COc1ccc(OCc3ccccc3)cc1)C2. The van der Waals surface area contributed by atoms with E-state index in [9.17, 15) is 10.1 Å². The highest BCUT2D eigenvalue weighted by Gasteiger charge is 2.31. The molecule has 1 unspecified atom stereocenters. The summed E-state index contributed by atoms with van der Waals surface area (Å²) >= 11 is 0. The molecule has 1 aliphatic heterocycles. The van der Waals surface area contributed by atoms with Crippen LogP contribution < -0.4 is 14.2 Å². The maximum atomic E-state index is 10.7. The van der Waals surface area contributed by atoms with Gasteiger partial charge in [0.2, 0.25) is 0 Å². The maximum Gasteiger partial charge on any atom is 0.414 e. The van der Waals surface area contributed by atoms with Crippen LogP contribution in [0.15, 0.2) is 60.8 Å². The molecule has 8 heteroatoms. The van der Waals surface area contributed by atoms with Crippen LogP contribution in [0.1, 0.15) is 5.56 Å². The van der Waals surface area contributed by atoms with Gasteiger partial charge in [0.15, 0.2) is 6.10 Å². The van der Waals surface area contributed by atoms with Crippen LogP contribution in [0.25, 0.3) is 0 Å². The van der Waals surface area contributed by atoms with E-state index < -0.39 is 4.92 Å². The molecule has 8 nitrogen and oxygen atoms in total. The zero-order valence-corrected chi connectivity index (χ0v) is 14.4. The second kappa shape index (κ2) is 7.36. The minimum Gasteiger partial charge on any atom is -0.490 e. The second-order valence-corrected chi connectivity index (χ2v) is 6.09. The molecule has 3 aromatic rings. The molecule has 0 saturated heterocycles. The van der Waals surface area contributed by atoms with Crippen LogP contribution in [0, 0.1) is 10.1 Å². The number of nitro groups is 1. The van der Waals surface area contributed by atoms with Crippen molar-refractivity contribution in [2.75, 3.05) is 6.61 Å². The molecular weight excluding hydrogens is 350 g/mol. The van der Waals surface area contributed by atoms with E-state index >= 15 is 0 Å². The van der Waals surface area contributed by atoms with Gasteiger partial charge in [0.1, 0.15) is 30.9 Å². The van der Waals surface area contributed by atoms with Gasteiger partial charge in [0, 0.05) is 4.98 Å². The van der Waals surface area contributed by atoms with Crippen molar-refractivity contribution in [1.82, 2.24) is 9.55 Å². The summed E-state index contributed by atoms with van der Waals surface area (Å²) in [4.78, 5) is 14.0. The van der Waals surface area contributed by atoms with E-state index in [1.54, 1.807) is 4.57 Å². The summed E-state index contributed by atoms with van der Waals surface area (Å²) in [5, 5.41) is 10.7. The van der Waals surface area contributed by atoms with Gasteiger partial charge in [-0.15, -0.1) is 0 Å². The molecule has 1 atom stereocenters. The van der Waals surface area contributed by atoms with Crippen molar-refractivity contribution >= 4 is 5.82 Å². The molecule has 0 radical (unpaired) electrons. The van der Waals surface area contributed by atoms with Gasteiger partial charge in [0.05, 0.1) is 6.54 Å². The summed E-state index contributed by atoms with van der Waals surface area (Å²) in [6, 6.07) is 17.6. The maximum absolute atomic E-state index is 10.7. The number of aromatic nitrogens is 2. The summed E-state index contributed by atoms with van der Waals surface area (Å²) in [6.07, 6.45) is 1.14. The lowest BCUT2D eigenvalue weighted by Gasteiger charge is -2.11. The van der Waals surface area contributed by atoms with Crippen molar-refractivity contribution in [2.45, 2.75) is 19.3 Å². The van der Waals surface area contributed by atoms with Gasteiger partial charge in [-0.05, 0) is 34.8 Å². The van der Waals surface area contributed by atoms with Crippen LogP contribution in [0.4, 0.5) is 5.82 Å². The van der Waals surface area contributed by atoms with Crippen molar-refractivity contribution < 1.29 is 19.1 Å². The summed E-state index contributed by atoms with van der Waals surface area (Å²) < 4.78 is 18.7. The van der Waals surface area contributed by atoms with Crippen molar-refractivity contribution in [2.24, 2.45) is 0 Å². The van der Waals surface area contributed by atoms with Crippen LogP contribution in [0.3, 0.4) is 0 Å². The Morgan fingerprint density at radius 1 is 1.11 bits per heavy atom. The molecule has 4 rings (SSSR count). The number of nitrogens with zero attached hydrogens (tertiary/aromatic N) is 3. The normalized spacial score (nSPS) is 15.0. The number of ether oxygens (including phenoxy) is 3. The molecular formula is C19H17N3O5. The molecule has 0 amide bonds. The quantitative estimate of drug-likeness (QED) is 0.471. The molecule has 2 heterocycles. The molecule has 0 fully saturated rings. The van der Waals surface area contributed by atoms with Gasteiger partial charge in [-0.25, -0.2) is 0 Å².